The molecule has 1 fully saturated rings. The highest BCUT2D eigenvalue weighted by Gasteiger charge is 2.15. The minimum atomic E-state index is 0.663. The smallest absolute Gasteiger partial charge is 0.221 e. The van der Waals surface area contributed by atoms with Gasteiger partial charge in [-0.15, -0.1) is 11.3 Å². The second-order valence-corrected chi connectivity index (χ2v) is 6.04. The van der Waals surface area contributed by atoms with E-state index >= 15 is 0 Å². The molecule has 0 radical (unpaired) electrons. The summed E-state index contributed by atoms with van der Waals surface area (Å²) in [6.45, 7) is 3.40. The molecule has 96 valence electrons. The van der Waals surface area contributed by atoms with Gasteiger partial charge in [0.25, 0.3) is 0 Å². The third-order valence-electron chi connectivity index (χ3n) is 3.38. The van der Waals surface area contributed by atoms with Crippen molar-refractivity contribution in [3.05, 3.63) is 22.3 Å². The summed E-state index contributed by atoms with van der Waals surface area (Å²) in [7, 11) is 0. The lowest BCUT2D eigenvalue weighted by molar-refractivity contribution is -0.928. The number of hydrogen-bond acceptors (Lipinski definition) is 3. The third kappa shape index (κ3) is 2.55. The second-order valence-electron chi connectivity index (χ2n) is 4.73. The number of quaternary nitrogens is 1. The molecule has 0 spiro atoms. The van der Waals surface area contributed by atoms with Crippen molar-refractivity contribution in [1.82, 2.24) is 14.8 Å². The summed E-state index contributed by atoms with van der Waals surface area (Å²) in [4.78, 5) is 7.18. The molecule has 0 bridgehead atoms. The van der Waals surface area contributed by atoms with Gasteiger partial charge in [0, 0.05) is 0 Å². The molecular weight excluding hydrogens is 264 g/mol. The van der Waals surface area contributed by atoms with Crippen LogP contribution >= 0.6 is 23.6 Å². The van der Waals surface area contributed by atoms with Crippen LogP contribution < -0.4 is 4.90 Å². The Labute approximate surface area is 115 Å². The van der Waals surface area contributed by atoms with Crippen LogP contribution in [0.4, 0.5) is 0 Å². The largest absolute Gasteiger partial charge is 0.316 e. The molecule has 3 heterocycles. The standard InChI is InChI=1S/C12H16N4S2/c17-12-13-11(10-5-4-8-18-10)14-16(12)9-15-6-2-1-3-7-15/h4-5,8H,1-3,6-7,9H2,(H,13,14,17)/p+1. The number of hydrogen-bond donors (Lipinski definition) is 2. The molecule has 1 aliphatic heterocycles. The normalized spacial score (nSPS) is 17.1. The summed E-state index contributed by atoms with van der Waals surface area (Å²) in [5.41, 5.74) is 0. The fourth-order valence-electron chi connectivity index (χ4n) is 2.42. The van der Waals surface area contributed by atoms with E-state index in [2.05, 4.69) is 21.5 Å². The van der Waals surface area contributed by atoms with Gasteiger partial charge >= 0.3 is 0 Å². The van der Waals surface area contributed by atoms with Crippen molar-refractivity contribution in [2.75, 3.05) is 13.1 Å². The van der Waals surface area contributed by atoms with Gasteiger partial charge in [0.2, 0.25) is 4.77 Å². The predicted molar refractivity (Wildman–Crippen MR) is 75.3 cm³/mol. The van der Waals surface area contributed by atoms with Crippen LogP contribution in [0.25, 0.3) is 10.7 Å². The van der Waals surface area contributed by atoms with Crippen LogP contribution in [0.5, 0.6) is 0 Å². The van der Waals surface area contributed by atoms with E-state index in [0.717, 1.165) is 17.4 Å². The SMILES string of the molecule is S=c1nc(-c2cccs2)[nH]n1C[NH+]1CCCCC1. The zero-order valence-corrected chi connectivity index (χ0v) is 11.8. The Bertz CT molecular complexity index is 549. The Hall–Kier alpha value is -0.980. The van der Waals surface area contributed by atoms with E-state index in [-0.39, 0.29) is 0 Å². The van der Waals surface area contributed by atoms with Gasteiger partial charge in [0.1, 0.15) is 0 Å². The van der Waals surface area contributed by atoms with Gasteiger partial charge in [-0.1, -0.05) is 6.07 Å². The lowest BCUT2D eigenvalue weighted by Gasteiger charge is -2.23. The molecule has 0 atom stereocenters. The molecular formula is C12H17N4S2+. The van der Waals surface area contributed by atoms with Crippen molar-refractivity contribution in [3.63, 3.8) is 0 Å². The van der Waals surface area contributed by atoms with E-state index < -0.39 is 0 Å². The highest BCUT2D eigenvalue weighted by molar-refractivity contribution is 7.71. The summed E-state index contributed by atoms with van der Waals surface area (Å²) < 4.78 is 2.67. The average Bonchev–Trinajstić information content (AvgIpc) is 3.01. The quantitative estimate of drug-likeness (QED) is 0.840. The van der Waals surface area contributed by atoms with Crippen molar-refractivity contribution < 1.29 is 4.90 Å². The maximum absolute atomic E-state index is 5.33. The molecule has 2 aromatic heterocycles. The number of thiophene rings is 1. The first-order valence-corrected chi connectivity index (χ1v) is 7.66. The molecule has 6 heteroatoms. The van der Waals surface area contributed by atoms with Crippen LogP contribution in [-0.4, -0.2) is 27.9 Å². The van der Waals surface area contributed by atoms with Gasteiger partial charge in [0.15, 0.2) is 12.5 Å². The molecule has 0 amide bonds. The fraction of sp³-hybridized carbons (Fsp3) is 0.500. The minimum Gasteiger partial charge on any atom is -0.316 e. The molecule has 2 N–H and O–H groups in total. The number of likely N-dealkylation sites (tertiary alicyclic amines) is 1. The Morgan fingerprint density at radius 2 is 2.22 bits per heavy atom. The Balaban J connectivity index is 1.78. The summed E-state index contributed by atoms with van der Waals surface area (Å²) >= 11 is 7.01. The Kier molecular flexibility index (Phi) is 3.58. The van der Waals surface area contributed by atoms with Gasteiger partial charge in [0.05, 0.1) is 18.0 Å². The highest BCUT2D eigenvalue weighted by atomic mass is 32.1. The van der Waals surface area contributed by atoms with Gasteiger partial charge in [-0.3, -0.25) is 5.10 Å². The lowest BCUT2D eigenvalue weighted by atomic mass is 10.1. The number of nitrogens with zero attached hydrogens (tertiary/aromatic N) is 2. The molecule has 1 aliphatic rings. The summed E-state index contributed by atoms with van der Waals surface area (Å²) in [5.74, 6) is 0.895. The number of rotatable bonds is 3. The highest BCUT2D eigenvalue weighted by Crippen LogP contribution is 2.20. The van der Waals surface area contributed by atoms with Crippen molar-refractivity contribution in [1.29, 1.82) is 0 Å². The van der Waals surface area contributed by atoms with Crippen LogP contribution in [-0.2, 0) is 6.67 Å². The molecule has 0 unspecified atom stereocenters. The molecule has 1 saturated heterocycles. The van der Waals surface area contributed by atoms with Crippen LogP contribution in [0.3, 0.4) is 0 Å². The molecule has 0 aliphatic carbocycles. The van der Waals surface area contributed by atoms with E-state index in [4.69, 9.17) is 12.2 Å². The van der Waals surface area contributed by atoms with Gasteiger partial charge in [-0.05, 0) is 42.9 Å². The Morgan fingerprint density at radius 3 is 2.94 bits per heavy atom. The Morgan fingerprint density at radius 1 is 1.39 bits per heavy atom. The van der Waals surface area contributed by atoms with Crippen molar-refractivity contribution in [2.45, 2.75) is 25.9 Å². The first-order valence-electron chi connectivity index (χ1n) is 6.37. The van der Waals surface area contributed by atoms with Gasteiger partial charge in [-0.25, -0.2) is 4.68 Å². The number of nitrogens with one attached hydrogen (secondary N) is 2. The second kappa shape index (κ2) is 5.34. The van der Waals surface area contributed by atoms with E-state index in [9.17, 15) is 0 Å². The van der Waals surface area contributed by atoms with Crippen LogP contribution in [0.15, 0.2) is 17.5 Å². The van der Waals surface area contributed by atoms with Crippen molar-refractivity contribution >= 4 is 23.6 Å². The molecule has 4 nitrogen and oxygen atoms in total. The minimum absolute atomic E-state index is 0.663. The van der Waals surface area contributed by atoms with E-state index in [1.807, 2.05) is 10.7 Å². The zero-order chi connectivity index (χ0) is 12.4. The maximum Gasteiger partial charge on any atom is 0.221 e. The molecule has 18 heavy (non-hydrogen) atoms. The predicted octanol–water partition coefficient (Wildman–Crippen LogP) is 1.70. The number of piperidine rings is 1. The number of H-pyrrole nitrogens is 1. The molecule has 0 aromatic carbocycles. The zero-order valence-electron chi connectivity index (χ0n) is 10.2. The monoisotopic (exact) mass is 281 g/mol. The van der Waals surface area contributed by atoms with E-state index in [1.54, 1.807) is 16.2 Å². The van der Waals surface area contributed by atoms with Crippen LogP contribution in [0.2, 0.25) is 0 Å². The summed E-state index contributed by atoms with van der Waals surface area (Å²) in [6, 6.07) is 4.10. The number of aromatic amines is 1. The summed E-state index contributed by atoms with van der Waals surface area (Å²) in [6.07, 6.45) is 4.03. The van der Waals surface area contributed by atoms with E-state index in [0.29, 0.717) is 4.77 Å². The first-order chi connectivity index (χ1) is 8.83. The lowest BCUT2D eigenvalue weighted by Crippen LogP contribution is -3.12. The molecule has 3 rings (SSSR count). The van der Waals surface area contributed by atoms with Crippen molar-refractivity contribution in [3.8, 4) is 10.7 Å². The molecule has 2 aromatic rings. The fourth-order valence-corrected chi connectivity index (χ4v) is 3.29. The molecule has 0 saturated carbocycles. The average molecular weight is 281 g/mol. The van der Waals surface area contributed by atoms with Crippen LogP contribution in [0.1, 0.15) is 19.3 Å². The maximum atomic E-state index is 5.33. The van der Waals surface area contributed by atoms with Gasteiger partial charge < -0.3 is 4.90 Å². The van der Waals surface area contributed by atoms with Gasteiger partial charge in [-0.2, -0.15) is 4.98 Å². The first kappa shape index (κ1) is 12.1. The van der Waals surface area contributed by atoms with E-state index in [1.165, 1.54) is 32.4 Å². The summed E-state index contributed by atoms with van der Waals surface area (Å²) in [5, 5.41) is 5.38. The van der Waals surface area contributed by atoms with Crippen molar-refractivity contribution in [2.24, 2.45) is 0 Å². The topological polar surface area (TPSA) is 38.0 Å². The number of aromatic nitrogens is 3. The van der Waals surface area contributed by atoms with Crippen LogP contribution in [0, 0.1) is 4.77 Å². The third-order valence-corrected chi connectivity index (χ3v) is 4.56.